The lowest BCUT2D eigenvalue weighted by atomic mass is 10.2. The second kappa shape index (κ2) is 7.68. The second-order valence-electron chi connectivity index (χ2n) is 7.08. The van der Waals surface area contributed by atoms with Crippen LogP contribution in [0.5, 0.6) is 0 Å². The molecule has 0 unspecified atom stereocenters. The van der Waals surface area contributed by atoms with E-state index in [9.17, 15) is 0 Å². The molecular formula is C20H27N3O2. The van der Waals surface area contributed by atoms with E-state index >= 15 is 0 Å². The Labute approximate surface area is 149 Å². The van der Waals surface area contributed by atoms with Crippen LogP contribution in [0.3, 0.4) is 0 Å². The SMILES string of the molecule is C[C@H](c1ncc(-c2ccccc2)o1)N1CCN(C[C@H]2CCCO2)CC1. The summed E-state index contributed by atoms with van der Waals surface area (Å²) in [5.41, 5.74) is 1.08. The van der Waals surface area contributed by atoms with Crippen LogP contribution in [0.15, 0.2) is 40.9 Å². The largest absolute Gasteiger partial charge is 0.439 e. The van der Waals surface area contributed by atoms with Gasteiger partial charge in [-0.1, -0.05) is 30.3 Å². The highest BCUT2D eigenvalue weighted by atomic mass is 16.5. The lowest BCUT2D eigenvalue weighted by Crippen LogP contribution is -2.49. The summed E-state index contributed by atoms with van der Waals surface area (Å²) in [6, 6.07) is 10.4. The van der Waals surface area contributed by atoms with Gasteiger partial charge in [0, 0.05) is 44.9 Å². The standard InChI is InChI=1S/C20H27N3O2/c1-16(20-21-14-19(25-20)17-6-3-2-4-7-17)23-11-9-22(10-12-23)15-18-8-5-13-24-18/h2-4,6-7,14,16,18H,5,8-13,15H2,1H3/t16-,18-/m1/s1. The van der Waals surface area contributed by atoms with Gasteiger partial charge in [0.05, 0.1) is 18.3 Å². The van der Waals surface area contributed by atoms with Crippen molar-refractivity contribution in [1.29, 1.82) is 0 Å². The van der Waals surface area contributed by atoms with Crippen LogP contribution in [-0.4, -0.2) is 60.2 Å². The van der Waals surface area contributed by atoms with Crippen LogP contribution in [0.25, 0.3) is 11.3 Å². The van der Waals surface area contributed by atoms with Gasteiger partial charge in [-0.05, 0) is 19.8 Å². The van der Waals surface area contributed by atoms with Crippen LogP contribution in [0.4, 0.5) is 0 Å². The predicted molar refractivity (Wildman–Crippen MR) is 97.3 cm³/mol. The number of hydrogen-bond acceptors (Lipinski definition) is 5. The normalized spacial score (nSPS) is 23.8. The van der Waals surface area contributed by atoms with Gasteiger partial charge in [-0.2, -0.15) is 0 Å². The Morgan fingerprint density at radius 3 is 2.68 bits per heavy atom. The van der Waals surface area contributed by atoms with Crippen molar-refractivity contribution in [2.75, 3.05) is 39.3 Å². The molecule has 2 aromatic rings. The highest BCUT2D eigenvalue weighted by Gasteiger charge is 2.27. The third kappa shape index (κ3) is 3.94. The summed E-state index contributed by atoms with van der Waals surface area (Å²) in [6.45, 7) is 8.51. The van der Waals surface area contributed by atoms with E-state index in [0.29, 0.717) is 6.10 Å². The number of aromatic nitrogens is 1. The first-order valence-corrected chi connectivity index (χ1v) is 9.39. The van der Waals surface area contributed by atoms with Crippen LogP contribution >= 0.6 is 0 Å². The van der Waals surface area contributed by atoms with Gasteiger partial charge in [0.15, 0.2) is 5.76 Å². The molecule has 2 aliphatic rings. The Bertz CT molecular complexity index is 659. The van der Waals surface area contributed by atoms with E-state index in [2.05, 4.69) is 33.8 Å². The molecular weight excluding hydrogens is 314 g/mol. The first-order valence-electron chi connectivity index (χ1n) is 9.39. The van der Waals surface area contributed by atoms with E-state index in [1.54, 1.807) is 0 Å². The average Bonchev–Trinajstić information content (AvgIpc) is 3.34. The van der Waals surface area contributed by atoms with E-state index in [-0.39, 0.29) is 6.04 Å². The minimum atomic E-state index is 0.211. The van der Waals surface area contributed by atoms with Crippen LogP contribution in [-0.2, 0) is 4.74 Å². The molecule has 0 N–H and O–H groups in total. The lowest BCUT2D eigenvalue weighted by Gasteiger charge is -2.37. The van der Waals surface area contributed by atoms with Gasteiger partial charge >= 0.3 is 0 Å². The smallest absolute Gasteiger partial charge is 0.211 e. The summed E-state index contributed by atoms with van der Waals surface area (Å²) in [7, 11) is 0. The molecule has 2 fully saturated rings. The minimum absolute atomic E-state index is 0.211. The summed E-state index contributed by atoms with van der Waals surface area (Å²) in [5.74, 6) is 1.66. The monoisotopic (exact) mass is 341 g/mol. The van der Waals surface area contributed by atoms with Crippen molar-refractivity contribution in [1.82, 2.24) is 14.8 Å². The van der Waals surface area contributed by atoms with Crippen molar-refractivity contribution in [3.63, 3.8) is 0 Å². The second-order valence-corrected chi connectivity index (χ2v) is 7.08. The molecule has 5 heteroatoms. The molecule has 0 aliphatic carbocycles. The first kappa shape index (κ1) is 16.8. The molecule has 2 atom stereocenters. The molecule has 2 saturated heterocycles. The van der Waals surface area contributed by atoms with Crippen LogP contribution in [0.1, 0.15) is 31.7 Å². The number of ether oxygens (including phenoxy) is 1. The molecule has 4 rings (SSSR count). The molecule has 1 aromatic carbocycles. The van der Waals surface area contributed by atoms with Gasteiger partial charge in [-0.25, -0.2) is 4.98 Å². The van der Waals surface area contributed by atoms with Crippen molar-refractivity contribution >= 4 is 0 Å². The Morgan fingerprint density at radius 1 is 1.16 bits per heavy atom. The fraction of sp³-hybridized carbons (Fsp3) is 0.550. The summed E-state index contributed by atoms with van der Waals surface area (Å²) < 4.78 is 11.8. The van der Waals surface area contributed by atoms with Crippen LogP contribution in [0, 0.1) is 0 Å². The van der Waals surface area contributed by atoms with Crippen molar-refractivity contribution < 1.29 is 9.15 Å². The molecule has 0 spiro atoms. The fourth-order valence-corrected chi connectivity index (χ4v) is 3.78. The summed E-state index contributed by atoms with van der Waals surface area (Å²) in [5, 5.41) is 0. The Hall–Kier alpha value is -1.69. The quantitative estimate of drug-likeness (QED) is 0.835. The number of oxazole rings is 1. The average molecular weight is 341 g/mol. The van der Waals surface area contributed by atoms with Gasteiger partial charge in [0.2, 0.25) is 5.89 Å². The first-order chi connectivity index (χ1) is 12.3. The molecule has 0 amide bonds. The summed E-state index contributed by atoms with van der Waals surface area (Å²) >= 11 is 0. The van der Waals surface area contributed by atoms with E-state index in [1.807, 2.05) is 24.4 Å². The zero-order chi connectivity index (χ0) is 17.1. The molecule has 0 saturated carbocycles. The molecule has 3 heterocycles. The third-order valence-corrected chi connectivity index (χ3v) is 5.38. The number of hydrogen-bond donors (Lipinski definition) is 0. The molecule has 25 heavy (non-hydrogen) atoms. The Balaban J connectivity index is 1.33. The molecule has 134 valence electrons. The maximum Gasteiger partial charge on any atom is 0.211 e. The van der Waals surface area contributed by atoms with Gasteiger partial charge in [0.25, 0.3) is 0 Å². The van der Waals surface area contributed by atoms with Crippen molar-refractivity contribution in [3.8, 4) is 11.3 Å². The number of piperazine rings is 1. The zero-order valence-electron chi connectivity index (χ0n) is 14.9. The summed E-state index contributed by atoms with van der Waals surface area (Å²) in [4.78, 5) is 9.52. The highest BCUT2D eigenvalue weighted by Crippen LogP contribution is 2.26. The predicted octanol–water partition coefficient (Wildman–Crippen LogP) is 3.20. The third-order valence-electron chi connectivity index (χ3n) is 5.38. The highest BCUT2D eigenvalue weighted by molar-refractivity contribution is 5.55. The molecule has 0 radical (unpaired) electrons. The molecule has 2 aliphatic heterocycles. The fourth-order valence-electron chi connectivity index (χ4n) is 3.78. The molecule has 0 bridgehead atoms. The van der Waals surface area contributed by atoms with Gasteiger partial charge < -0.3 is 9.15 Å². The number of rotatable bonds is 5. The van der Waals surface area contributed by atoms with Gasteiger partial charge in [-0.15, -0.1) is 0 Å². The Kier molecular flexibility index (Phi) is 5.15. The number of nitrogens with zero attached hydrogens (tertiary/aromatic N) is 3. The maximum atomic E-state index is 6.03. The van der Waals surface area contributed by atoms with Crippen molar-refractivity contribution in [2.45, 2.75) is 31.9 Å². The van der Waals surface area contributed by atoms with E-state index < -0.39 is 0 Å². The molecule has 5 nitrogen and oxygen atoms in total. The zero-order valence-corrected chi connectivity index (χ0v) is 14.9. The van der Waals surface area contributed by atoms with Crippen LogP contribution < -0.4 is 0 Å². The summed E-state index contributed by atoms with van der Waals surface area (Å²) in [6.07, 6.45) is 4.73. The maximum absolute atomic E-state index is 6.03. The Morgan fingerprint density at radius 2 is 1.96 bits per heavy atom. The van der Waals surface area contributed by atoms with Crippen molar-refractivity contribution in [2.24, 2.45) is 0 Å². The van der Waals surface area contributed by atoms with Gasteiger partial charge in [0.1, 0.15) is 0 Å². The number of benzene rings is 1. The topological polar surface area (TPSA) is 41.7 Å². The van der Waals surface area contributed by atoms with Crippen molar-refractivity contribution in [3.05, 3.63) is 42.4 Å². The van der Waals surface area contributed by atoms with Gasteiger partial charge in [-0.3, -0.25) is 9.80 Å². The van der Waals surface area contributed by atoms with E-state index in [1.165, 1.54) is 12.8 Å². The lowest BCUT2D eigenvalue weighted by molar-refractivity contribution is 0.0388. The van der Waals surface area contributed by atoms with Crippen LogP contribution in [0.2, 0.25) is 0 Å². The minimum Gasteiger partial charge on any atom is -0.439 e. The van der Waals surface area contributed by atoms with E-state index in [0.717, 1.165) is 56.5 Å². The van der Waals surface area contributed by atoms with E-state index in [4.69, 9.17) is 9.15 Å². The molecule has 1 aromatic heterocycles.